The van der Waals surface area contributed by atoms with E-state index in [0.29, 0.717) is 31.8 Å². The Kier molecular flexibility index (Phi) is 9.04. The number of carbonyl (C=O) groups is 2. The van der Waals surface area contributed by atoms with Crippen molar-refractivity contribution in [1.29, 1.82) is 0 Å². The van der Waals surface area contributed by atoms with Crippen molar-refractivity contribution in [3.8, 4) is 0 Å². The Labute approximate surface area is 172 Å². The molecule has 2 heterocycles. The first-order valence-electron chi connectivity index (χ1n) is 9.62. The largest absolute Gasteiger partial charge is 0.459 e. The van der Waals surface area contributed by atoms with Gasteiger partial charge in [-0.3, -0.25) is 9.59 Å². The molecule has 1 atom stereocenters. The lowest BCUT2D eigenvalue weighted by Crippen LogP contribution is -2.35. The van der Waals surface area contributed by atoms with Gasteiger partial charge in [0, 0.05) is 32.1 Å². The Morgan fingerprint density at radius 1 is 1.00 bits per heavy atom. The van der Waals surface area contributed by atoms with Crippen LogP contribution in [0, 0.1) is 0 Å². The SMILES string of the molecule is Cl.O=C1CC(c2ccccc2)NCCCCN(C(=O)c2ccco2)CCCN1. The van der Waals surface area contributed by atoms with E-state index in [0.717, 1.165) is 31.4 Å². The molecule has 3 rings (SSSR count). The maximum absolute atomic E-state index is 12.6. The van der Waals surface area contributed by atoms with Gasteiger partial charge < -0.3 is 20.0 Å². The van der Waals surface area contributed by atoms with Crippen LogP contribution in [-0.2, 0) is 4.79 Å². The molecule has 6 nitrogen and oxygen atoms in total. The van der Waals surface area contributed by atoms with Gasteiger partial charge in [0.25, 0.3) is 5.91 Å². The van der Waals surface area contributed by atoms with E-state index in [4.69, 9.17) is 4.42 Å². The molecule has 0 spiro atoms. The molecular weight excluding hydrogens is 378 g/mol. The van der Waals surface area contributed by atoms with Gasteiger partial charge in [-0.1, -0.05) is 30.3 Å². The van der Waals surface area contributed by atoms with Crippen LogP contribution in [0.3, 0.4) is 0 Å². The molecule has 0 bridgehead atoms. The monoisotopic (exact) mass is 405 g/mol. The van der Waals surface area contributed by atoms with Crippen LogP contribution >= 0.6 is 12.4 Å². The first-order chi connectivity index (χ1) is 13.2. The quantitative estimate of drug-likeness (QED) is 0.804. The van der Waals surface area contributed by atoms with Crippen LogP contribution in [0.1, 0.15) is 47.8 Å². The van der Waals surface area contributed by atoms with Crippen LogP contribution < -0.4 is 10.6 Å². The molecule has 2 amide bonds. The summed E-state index contributed by atoms with van der Waals surface area (Å²) < 4.78 is 5.25. The first kappa shape index (κ1) is 22.0. The number of hydrogen-bond acceptors (Lipinski definition) is 4. The molecule has 1 saturated heterocycles. The predicted molar refractivity (Wildman–Crippen MR) is 111 cm³/mol. The molecule has 7 heteroatoms. The first-order valence-corrected chi connectivity index (χ1v) is 9.62. The third-order valence-corrected chi connectivity index (χ3v) is 4.78. The van der Waals surface area contributed by atoms with Gasteiger partial charge in [0.05, 0.1) is 6.26 Å². The maximum Gasteiger partial charge on any atom is 0.289 e. The van der Waals surface area contributed by atoms with E-state index in [9.17, 15) is 9.59 Å². The Hall–Kier alpha value is -2.31. The van der Waals surface area contributed by atoms with Crippen LogP contribution in [0.25, 0.3) is 0 Å². The van der Waals surface area contributed by atoms with Gasteiger partial charge in [-0.05, 0) is 43.5 Å². The molecule has 1 aromatic heterocycles. The van der Waals surface area contributed by atoms with Crippen molar-refractivity contribution in [2.75, 3.05) is 26.2 Å². The average molecular weight is 406 g/mol. The number of nitrogens with one attached hydrogen (secondary N) is 2. The van der Waals surface area contributed by atoms with E-state index < -0.39 is 0 Å². The standard InChI is InChI=1S/C21H27N3O3.ClH/c25-20-16-18(17-8-2-1-3-9-17)22-11-4-5-13-24(14-7-12-23-20)21(26)19-10-6-15-27-19;/h1-3,6,8-10,15,18,22H,4-5,7,11-14,16H2,(H,23,25);1H. The van der Waals surface area contributed by atoms with Crippen molar-refractivity contribution in [2.24, 2.45) is 0 Å². The molecule has 1 aromatic carbocycles. The fraction of sp³-hybridized carbons (Fsp3) is 0.429. The summed E-state index contributed by atoms with van der Waals surface area (Å²) in [6, 6.07) is 13.5. The fourth-order valence-electron chi connectivity index (χ4n) is 3.32. The molecule has 1 unspecified atom stereocenters. The molecule has 152 valence electrons. The van der Waals surface area contributed by atoms with Crippen LogP contribution in [0.5, 0.6) is 0 Å². The summed E-state index contributed by atoms with van der Waals surface area (Å²) in [4.78, 5) is 26.7. The third kappa shape index (κ3) is 6.39. The molecule has 0 aliphatic carbocycles. The van der Waals surface area contributed by atoms with Crippen molar-refractivity contribution in [2.45, 2.75) is 31.7 Å². The zero-order chi connectivity index (χ0) is 18.9. The Balaban J connectivity index is 0.00000280. The molecule has 1 fully saturated rings. The maximum atomic E-state index is 12.6. The normalized spacial score (nSPS) is 19.4. The van der Waals surface area contributed by atoms with E-state index in [-0.39, 0.29) is 30.3 Å². The van der Waals surface area contributed by atoms with Gasteiger partial charge in [0.1, 0.15) is 0 Å². The lowest BCUT2D eigenvalue weighted by Gasteiger charge is -2.21. The second kappa shape index (κ2) is 11.5. The minimum Gasteiger partial charge on any atom is -0.459 e. The van der Waals surface area contributed by atoms with Crippen LogP contribution in [0.15, 0.2) is 53.1 Å². The highest BCUT2D eigenvalue weighted by Crippen LogP contribution is 2.17. The molecule has 2 N–H and O–H groups in total. The van der Waals surface area contributed by atoms with Gasteiger partial charge in [0.15, 0.2) is 5.76 Å². The highest BCUT2D eigenvalue weighted by Gasteiger charge is 2.19. The number of nitrogens with zero attached hydrogens (tertiary/aromatic N) is 1. The summed E-state index contributed by atoms with van der Waals surface area (Å²) in [5, 5.41) is 6.47. The number of furan rings is 1. The highest BCUT2D eigenvalue weighted by atomic mass is 35.5. The minimum atomic E-state index is -0.0867. The highest BCUT2D eigenvalue weighted by molar-refractivity contribution is 5.91. The average Bonchev–Trinajstić information content (AvgIpc) is 3.23. The summed E-state index contributed by atoms with van der Waals surface area (Å²) in [6.45, 7) is 2.65. The molecule has 2 aromatic rings. The third-order valence-electron chi connectivity index (χ3n) is 4.78. The van der Waals surface area contributed by atoms with Crippen molar-refractivity contribution in [3.63, 3.8) is 0 Å². The van der Waals surface area contributed by atoms with E-state index in [2.05, 4.69) is 10.6 Å². The Bertz CT molecular complexity index is 722. The predicted octanol–water partition coefficient (Wildman–Crippen LogP) is 3.16. The van der Waals surface area contributed by atoms with Gasteiger partial charge >= 0.3 is 0 Å². The van der Waals surface area contributed by atoms with Crippen molar-refractivity contribution in [1.82, 2.24) is 15.5 Å². The molecule has 0 radical (unpaired) electrons. The number of rotatable bonds is 2. The lowest BCUT2D eigenvalue weighted by molar-refractivity contribution is -0.121. The second-order valence-corrected chi connectivity index (χ2v) is 6.80. The lowest BCUT2D eigenvalue weighted by atomic mass is 10.0. The molecular formula is C21H28ClN3O3. The van der Waals surface area contributed by atoms with Crippen molar-refractivity contribution < 1.29 is 14.0 Å². The number of hydrogen-bond donors (Lipinski definition) is 2. The Morgan fingerprint density at radius 2 is 1.79 bits per heavy atom. The van der Waals surface area contributed by atoms with E-state index in [1.54, 1.807) is 12.1 Å². The zero-order valence-corrected chi connectivity index (χ0v) is 16.7. The smallest absolute Gasteiger partial charge is 0.289 e. The van der Waals surface area contributed by atoms with Gasteiger partial charge in [-0.15, -0.1) is 12.4 Å². The summed E-state index contributed by atoms with van der Waals surface area (Å²) in [6.07, 6.45) is 4.50. The minimum absolute atomic E-state index is 0. The van der Waals surface area contributed by atoms with E-state index in [1.165, 1.54) is 6.26 Å². The summed E-state index contributed by atoms with van der Waals surface area (Å²) in [7, 11) is 0. The summed E-state index contributed by atoms with van der Waals surface area (Å²) in [5.74, 6) is 0.307. The van der Waals surface area contributed by atoms with Crippen molar-refractivity contribution >= 4 is 24.2 Å². The van der Waals surface area contributed by atoms with Gasteiger partial charge in [-0.2, -0.15) is 0 Å². The Morgan fingerprint density at radius 3 is 2.54 bits per heavy atom. The van der Waals surface area contributed by atoms with E-state index >= 15 is 0 Å². The summed E-state index contributed by atoms with van der Waals surface area (Å²) >= 11 is 0. The fourth-order valence-corrected chi connectivity index (χ4v) is 3.32. The van der Waals surface area contributed by atoms with Crippen molar-refractivity contribution in [3.05, 3.63) is 60.1 Å². The molecule has 1 aliphatic heterocycles. The molecule has 28 heavy (non-hydrogen) atoms. The topological polar surface area (TPSA) is 74.6 Å². The molecule has 0 saturated carbocycles. The summed E-state index contributed by atoms with van der Waals surface area (Å²) in [5.41, 5.74) is 1.12. The second-order valence-electron chi connectivity index (χ2n) is 6.80. The number of carbonyl (C=O) groups excluding carboxylic acids is 2. The number of amides is 2. The van der Waals surface area contributed by atoms with Crippen LogP contribution in [-0.4, -0.2) is 42.9 Å². The number of halogens is 1. The van der Waals surface area contributed by atoms with E-state index in [1.807, 2.05) is 35.2 Å². The molecule has 1 aliphatic rings. The van der Waals surface area contributed by atoms with Crippen LogP contribution in [0.2, 0.25) is 0 Å². The number of benzene rings is 1. The van der Waals surface area contributed by atoms with Gasteiger partial charge in [-0.25, -0.2) is 0 Å². The van der Waals surface area contributed by atoms with Gasteiger partial charge in [0.2, 0.25) is 5.91 Å². The van der Waals surface area contributed by atoms with Crippen LogP contribution in [0.4, 0.5) is 0 Å². The zero-order valence-electron chi connectivity index (χ0n) is 15.9.